The fraction of sp³-hybridized carbons (Fsp3) is 0.333. The molecule has 116 valence electrons. The highest BCUT2D eigenvalue weighted by Crippen LogP contribution is 2.54. The van der Waals surface area contributed by atoms with Crippen LogP contribution in [0.25, 0.3) is 5.69 Å². The molecule has 3 heterocycles. The summed E-state index contributed by atoms with van der Waals surface area (Å²) in [6, 6.07) is 4.48. The molecule has 22 heavy (non-hydrogen) atoms. The zero-order valence-electron chi connectivity index (χ0n) is 11.4. The summed E-state index contributed by atoms with van der Waals surface area (Å²) in [6.07, 6.45) is -2.79. The molecular formula is C15H13F3N2O2. The molecular weight excluding hydrogens is 297 g/mol. The van der Waals surface area contributed by atoms with Crippen LogP contribution in [0.5, 0.6) is 11.8 Å². The van der Waals surface area contributed by atoms with E-state index in [2.05, 4.69) is 5.32 Å². The van der Waals surface area contributed by atoms with Crippen LogP contribution < -0.4 is 5.32 Å². The van der Waals surface area contributed by atoms with Gasteiger partial charge in [0.05, 0.1) is 11.3 Å². The Balaban J connectivity index is 1.89. The maximum Gasteiger partial charge on any atom is 0.416 e. The number of aromatic nitrogens is 1. The minimum Gasteiger partial charge on any atom is -0.494 e. The molecule has 7 heteroatoms. The Kier molecular flexibility index (Phi) is 2.57. The highest BCUT2D eigenvalue weighted by atomic mass is 19.4. The van der Waals surface area contributed by atoms with Crippen LogP contribution in [0.1, 0.15) is 41.6 Å². The molecule has 1 aromatic carbocycles. The molecule has 0 amide bonds. The van der Waals surface area contributed by atoms with E-state index in [-0.39, 0.29) is 29.5 Å². The van der Waals surface area contributed by atoms with Crippen molar-refractivity contribution < 1.29 is 23.4 Å². The van der Waals surface area contributed by atoms with Crippen LogP contribution in [0.3, 0.4) is 0 Å². The van der Waals surface area contributed by atoms with E-state index in [4.69, 9.17) is 0 Å². The van der Waals surface area contributed by atoms with Gasteiger partial charge in [0.1, 0.15) is 0 Å². The molecule has 1 fully saturated rings. The van der Waals surface area contributed by atoms with Crippen molar-refractivity contribution in [2.75, 3.05) is 0 Å². The SMILES string of the molecule is Oc1c2c(c(O)n1-c1cccc(C(F)(F)F)c1)C1CCC2N1. The predicted molar refractivity (Wildman–Crippen MR) is 72.0 cm³/mol. The highest BCUT2D eigenvalue weighted by Gasteiger charge is 2.44. The largest absolute Gasteiger partial charge is 0.494 e. The number of hydrogen-bond acceptors (Lipinski definition) is 3. The zero-order chi connectivity index (χ0) is 15.6. The summed E-state index contributed by atoms with van der Waals surface area (Å²) in [5.41, 5.74) is 0.481. The van der Waals surface area contributed by atoms with Gasteiger partial charge in [-0.05, 0) is 31.0 Å². The Labute approximate surface area is 123 Å². The Bertz CT molecular complexity index is 733. The molecule has 2 bridgehead atoms. The molecule has 0 radical (unpaired) electrons. The van der Waals surface area contributed by atoms with Gasteiger partial charge in [0, 0.05) is 23.2 Å². The fourth-order valence-electron chi connectivity index (χ4n) is 3.53. The molecule has 2 atom stereocenters. The second-order valence-corrected chi connectivity index (χ2v) is 5.71. The monoisotopic (exact) mass is 310 g/mol. The number of rotatable bonds is 1. The third kappa shape index (κ3) is 1.68. The Morgan fingerprint density at radius 1 is 1.05 bits per heavy atom. The summed E-state index contributed by atoms with van der Waals surface area (Å²) < 4.78 is 39.6. The molecule has 1 aromatic heterocycles. The van der Waals surface area contributed by atoms with Crippen LogP contribution in [0.4, 0.5) is 13.2 Å². The van der Waals surface area contributed by atoms with Gasteiger partial charge in [0.2, 0.25) is 11.8 Å². The number of halogens is 3. The van der Waals surface area contributed by atoms with Gasteiger partial charge in [-0.15, -0.1) is 0 Å². The summed E-state index contributed by atoms with van der Waals surface area (Å²) >= 11 is 0. The maximum absolute atomic E-state index is 12.8. The lowest BCUT2D eigenvalue weighted by Crippen LogP contribution is -2.09. The first-order valence-corrected chi connectivity index (χ1v) is 6.98. The molecule has 0 spiro atoms. The molecule has 3 N–H and O–H groups in total. The molecule has 2 unspecified atom stereocenters. The van der Waals surface area contributed by atoms with Crippen LogP contribution in [0.2, 0.25) is 0 Å². The number of hydrogen-bond donors (Lipinski definition) is 3. The molecule has 2 aromatic rings. The number of fused-ring (bicyclic) bond motifs is 5. The van der Waals surface area contributed by atoms with Crippen molar-refractivity contribution in [1.29, 1.82) is 0 Å². The van der Waals surface area contributed by atoms with Gasteiger partial charge in [-0.2, -0.15) is 13.2 Å². The molecule has 1 saturated heterocycles. The smallest absolute Gasteiger partial charge is 0.416 e. The summed E-state index contributed by atoms with van der Waals surface area (Å²) in [5.74, 6) is -0.377. The number of nitrogens with one attached hydrogen (secondary N) is 1. The molecule has 4 nitrogen and oxygen atoms in total. The Morgan fingerprint density at radius 2 is 1.64 bits per heavy atom. The summed E-state index contributed by atoms with van der Waals surface area (Å²) in [5, 5.41) is 24.0. The van der Waals surface area contributed by atoms with E-state index in [1.54, 1.807) is 0 Å². The lowest BCUT2D eigenvalue weighted by Gasteiger charge is -2.13. The van der Waals surface area contributed by atoms with Crippen LogP contribution in [-0.2, 0) is 6.18 Å². The van der Waals surface area contributed by atoms with Crippen LogP contribution in [0.15, 0.2) is 24.3 Å². The van der Waals surface area contributed by atoms with Gasteiger partial charge < -0.3 is 15.5 Å². The van der Waals surface area contributed by atoms with Gasteiger partial charge in [-0.25, -0.2) is 0 Å². The maximum atomic E-state index is 12.8. The van der Waals surface area contributed by atoms with E-state index in [0.29, 0.717) is 11.1 Å². The fourth-order valence-corrected chi connectivity index (χ4v) is 3.53. The normalized spacial score (nSPS) is 23.0. The van der Waals surface area contributed by atoms with E-state index in [9.17, 15) is 23.4 Å². The van der Waals surface area contributed by atoms with Crippen molar-refractivity contribution >= 4 is 0 Å². The second-order valence-electron chi connectivity index (χ2n) is 5.71. The highest BCUT2D eigenvalue weighted by molar-refractivity contribution is 5.58. The van der Waals surface area contributed by atoms with Gasteiger partial charge in [-0.1, -0.05) is 6.07 Å². The average Bonchev–Trinajstić information content (AvgIpc) is 3.12. The zero-order valence-corrected chi connectivity index (χ0v) is 11.4. The standard InChI is InChI=1S/C15H13F3N2O2/c16-15(17,18)7-2-1-3-8(6-7)20-13(21)11-9-4-5-10(19-9)12(11)14(20)22/h1-3,6,9-10,19,21-22H,4-5H2. The molecule has 2 aliphatic rings. The number of aromatic hydroxyl groups is 2. The Hall–Kier alpha value is -2.15. The van der Waals surface area contributed by atoms with Crippen molar-refractivity contribution in [2.24, 2.45) is 0 Å². The van der Waals surface area contributed by atoms with Gasteiger partial charge in [0.25, 0.3) is 0 Å². The second kappa shape index (κ2) is 4.19. The van der Waals surface area contributed by atoms with Crippen LogP contribution in [-0.4, -0.2) is 14.8 Å². The molecule has 2 aliphatic heterocycles. The van der Waals surface area contributed by atoms with E-state index in [1.165, 1.54) is 12.1 Å². The lowest BCUT2D eigenvalue weighted by atomic mass is 9.95. The van der Waals surface area contributed by atoms with E-state index in [0.717, 1.165) is 29.5 Å². The van der Waals surface area contributed by atoms with Crippen molar-refractivity contribution in [1.82, 2.24) is 9.88 Å². The van der Waals surface area contributed by atoms with Gasteiger partial charge in [-0.3, -0.25) is 4.57 Å². The predicted octanol–water partition coefficient (Wildman–Crippen LogP) is 3.39. The van der Waals surface area contributed by atoms with E-state index < -0.39 is 11.7 Å². The summed E-state index contributed by atoms with van der Waals surface area (Å²) in [6.45, 7) is 0. The van der Waals surface area contributed by atoms with E-state index >= 15 is 0 Å². The van der Waals surface area contributed by atoms with Crippen LogP contribution >= 0.6 is 0 Å². The first-order chi connectivity index (χ1) is 10.4. The number of benzene rings is 1. The van der Waals surface area contributed by atoms with Gasteiger partial charge >= 0.3 is 6.18 Å². The molecule has 0 saturated carbocycles. The van der Waals surface area contributed by atoms with Crippen molar-refractivity contribution in [3.63, 3.8) is 0 Å². The third-order valence-electron chi connectivity index (χ3n) is 4.47. The number of nitrogens with zero attached hydrogens (tertiary/aromatic N) is 1. The topological polar surface area (TPSA) is 57.4 Å². The first-order valence-electron chi connectivity index (χ1n) is 6.98. The quantitative estimate of drug-likeness (QED) is 0.757. The van der Waals surface area contributed by atoms with Crippen molar-refractivity contribution in [3.8, 4) is 17.4 Å². The summed E-state index contributed by atoms with van der Waals surface area (Å²) in [4.78, 5) is 0. The van der Waals surface area contributed by atoms with Crippen molar-refractivity contribution in [3.05, 3.63) is 41.0 Å². The molecule has 4 rings (SSSR count). The minimum atomic E-state index is -4.47. The number of alkyl halides is 3. The third-order valence-corrected chi connectivity index (χ3v) is 4.47. The lowest BCUT2D eigenvalue weighted by molar-refractivity contribution is -0.137. The average molecular weight is 310 g/mol. The summed E-state index contributed by atoms with van der Waals surface area (Å²) in [7, 11) is 0. The van der Waals surface area contributed by atoms with Gasteiger partial charge in [0.15, 0.2) is 0 Å². The van der Waals surface area contributed by atoms with Crippen LogP contribution in [0, 0.1) is 0 Å². The Morgan fingerprint density at radius 3 is 2.18 bits per heavy atom. The minimum absolute atomic E-state index is 0.0436. The molecule has 0 aliphatic carbocycles. The van der Waals surface area contributed by atoms with E-state index in [1.807, 2.05) is 0 Å². The first kappa shape index (κ1) is 13.5. The van der Waals surface area contributed by atoms with Crippen molar-refractivity contribution in [2.45, 2.75) is 31.1 Å².